The van der Waals surface area contributed by atoms with E-state index in [1.54, 1.807) is 4.74 Å². The van der Waals surface area contributed by atoms with E-state index in [4.69, 9.17) is 0 Å². The molecule has 0 heterocycles. The van der Waals surface area contributed by atoms with Gasteiger partial charge in [-0.2, -0.15) is 149 Å². The highest BCUT2D eigenvalue weighted by Gasteiger charge is 3.03. The lowest BCUT2D eigenvalue weighted by Crippen LogP contribution is -2.82. The second kappa shape index (κ2) is 13.4. The maximum atomic E-state index is 15.2. The van der Waals surface area contributed by atoms with Gasteiger partial charge in [0.1, 0.15) is 0 Å². The minimum absolute atomic E-state index is 0.465. The number of rotatable bonds is 15. The predicted molar refractivity (Wildman–Crippen MR) is 106 cm³/mol. The number of carbonyl (C=O) groups is 1. The SMILES string of the molecule is C=C(C)C(=O)OC(F)(C(F)(F)C(F)(F)C(F)(F)C(F)(F)C(F)(F)C(F)(F)C(F)(F)F)C(F)(F)C(F)(F)C(F)(F)C(F)(F)C(F)(F)C(F)(F)C(F)(C(F)(F)F)C(F)(F)F. The van der Waals surface area contributed by atoms with Gasteiger partial charge in [0.15, 0.2) is 0 Å². The van der Waals surface area contributed by atoms with Crippen LogP contribution in [0, 0.1) is 0 Å². The Kier molecular flexibility index (Phi) is 12.6. The fourth-order valence-corrected chi connectivity index (χ4v) is 3.43. The average molecular weight is 954 g/mol. The van der Waals surface area contributed by atoms with Crippen LogP contribution in [0.25, 0.3) is 0 Å². The number of ether oxygens (including phenoxy) is 1. The molecule has 0 spiro atoms. The fraction of sp³-hybridized carbons (Fsp3) is 0.857. The number of hydrogen-bond acceptors (Lipinski definition) is 2. The largest absolute Gasteiger partial charge is 0.460 e. The molecule has 0 saturated heterocycles. The first kappa shape index (κ1) is 54.8. The van der Waals surface area contributed by atoms with Crippen LogP contribution in [-0.2, 0) is 9.53 Å². The van der Waals surface area contributed by atoms with E-state index < -0.39 is 120 Å². The fourth-order valence-electron chi connectivity index (χ4n) is 3.43. The van der Waals surface area contributed by atoms with Gasteiger partial charge in [0.05, 0.1) is 0 Å². The molecule has 0 aromatic rings. The Morgan fingerprint density at radius 1 is 0.310 bits per heavy atom. The standard InChI is InChI=1S/C21H5F35O2/c1-3(2)4(57)58-18(47,16(43,44)13(37,38)10(31,32)11(33,34)14(39,40)17(45,46)21(54,55)56)15(41,42)12(35,36)9(29,30)8(27,28)7(25,26)6(23,24)5(22,19(48,49)50)20(51,52)53/h1H2,2H3. The van der Waals surface area contributed by atoms with Gasteiger partial charge in [-0.05, 0) is 6.92 Å². The van der Waals surface area contributed by atoms with Crippen molar-refractivity contribution in [1.82, 2.24) is 0 Å². The monoisotopic (exact) mass is 954 g/mol. The summed E-state index contributed by atoms with van der Waals surface area (Å²) in [4.78, 5) is 11.4. The van der Waals surface area contributed by atoms with E-state index in [9.17, 15) is 154 Å². The average Bonchev–Trinajstić information content (AvgIpc) is 2.97. The van der Waals surface area contributed by atoms with E-state index in [2.05, 4.69) is 0 Å². The van der Waals surface area contributed by atoms with Gasteiger partial charge in [-0.3, -0.25) is 0 Å². The van der Waals surface area contributed by atoms with Crippen LogP contribution in [0.1, 0.15) is 6.92 Å². The Morgan fingerprint density at radius 2 is 0.500 bits per heavy atom. The molecule has 37 heteroatoms. The van der Waals surface area contributed by atoms with Crippen LogP contribution in [0.15, 0.2) is 12.2 Å². The third kappa shape index (κ3) is 6.30. The van der Waals surface area contributed by atoms with E-state index in [0.29, 0.717) is 0 Å². The first-order valence-corrected chi connectivity index (χ1v) is 12.3. The molecule has 346 valence electrons. The number of esters is 1. The molecule has 0 bridgehead atoms. The summed E-state index contributed by atoms with van der Waals surface area (Å²) in [7, 11) is 0. The molecule has 0 radical (unpaired) electrons. The van der Waals surface area contributed by atoms with Crippen molar-refractivity contribution in [2.45, 2.75) is 108 Å². The van der Waals surface area contributed by atoms with Gasteiger partial charge in [0.2, 0.25) is 0 Å². The van der Waals surface area contributed by atoms with Gasteiger partial charge in [-0.15, -0.1) is 0 Å². The summed E-state index contributed by atoms with van der Waals surface area (Å²) < 4.78 is 479. The molecule has 0 aliphatic carbocycles. The van der Waals surface area contributed by atoms with Crippen molar-refractivity contribution in [3.8, 4) is 0 Å². The molecule has 0 fully saturated rings. The van der Waals surface area contributed by atoms with Crippen molar-refractivity contribution in [3.63, 3.8) is 0 Å². The summed E-state index contributed by atoms with van der Waals surface area (Å²) in [5.74, 6) is -134. The minimum atomic E-state index is -10.3. The molecule has 1 unspecified atom stereocenters. The molecule has 0 aliphatic heterocycles. The topological polar surface area (TPSA) is 26.3 Å². The summed E-state index contributed by atoms with van der Waals surface area (Å²) in [6.07, 6.45) is -26.3. The van der Waals surface area contributed by atoms with E-state index in [1.165, 1.54) is 0 Å². The Balaban J connectivity index is 8.53. The molecule has 58 heavy (non-hydrogen) atoms. The molecule has 0 saturated carbocycles. The Labute approximate surface area is 290 Å². The van der Waals surface area contributed by atoms with E-state index in [1.807, 2.05) is 6.58 Å². The number of alkyl halides is 35. The normalized spacial score (nSPS) is 17.6. The molecular weight excluding hydrogens is 949 g/mol. The minimum Gasteiger partial charge on any atom is -0.413 e. The lowest BCUT2D eigenvalue weighted by molar-refractivity contribution is -0.501. The molecule has 0 aromatic carbocycles. The molecule has 0 amide bonds. The second-order valence-electron chi connectivity index (χ2n) is 10.8. The van der Waals surface area contributed by atoms with Gasteiger partial charge in [0, 0.05) is 5.57 Å². The number of hydrogen-bond donors (Lipinski definition) is 0. The Morgan fingerprint density at radius 3 is 0.690 bits per heavy atom. The van der Waals surface area contributed by atoms with Crippen LogP contribution in [-0.4, -0.2) is 107 Å². The molecule has 0 rings (SSSR count). The van der Waals surface area contributed by atoms with Crippen LogP contribution in [0.4, 0.5) is 154 Å². The summed E-state index contributed by atoms with van der Waals surface area (Å²) >= 11 is 0. The molecule has 0 aliphatic rings. The zero-order valence-corrected chi connectivity index (χ0v) is 25.3. The van der Waals surface area contributed by atoms with Crippen LogP contribution in [0.5, 0.6) is 0 Å². The molecule has 0 aromatic heterocycles. The third-order valence-electron chi connectivity index (χ3n) is 6.90. The van der Waals surface area contributed by atoms with Crippen LogP contribution in [0.3, 0.4) is 0 Å². The van der Waals surface area contributed by atoms with E-state index in [0.717, 1.165) is 0 Å². The summed E-state index contributed by atoms with van der Waals surface area (Å²) in [5, 5.41) is 0. The highest BCUT2D eigenvalue weighted by molar-refractivity contribution is 5.87. The Bertz CT molecular complexity index is 1540. The Hall–Kier alpha value is -3.24. The summed E-state index contributed by atoms with van der Waals surface area (Å²) in [6, 6.07) is 0. The molecule has 2 nitrogen and oxygen atoms in total. The maximum Gasteiger partial charge on any atom is 0.460 e. The third-order valence-corrected chi connectivity index (χ3v) is 6.90. The van der Waals surface area contributed by atoms with Crippen molar-refractivity contribution in [1.29, 1.82) is 0 Å². The summed E-state index contributed by atoms with van der Waals surface area (Å²) in [5.41, 5.74) is -11.9. The lowest BCUT2D eigenvalue weighted by atomic mass is 9.80. The van der Waals surface area contributed by atoms with Gasteiger partial charge in [-0.1, -0.05) is 6.58 Å². The second-order valence-corrected chi connectivity index (χ2v) is 10.8. The quantitative estimate of drug-likeness (QED) is 0.0929. The predicted octanol–water partition coefficient (Wildman–Crippen LogP) is 11.8. The van der Waals surface area contributed by atoms with E-state index in [-0.39, 0.29) is 0 Å². The van der Waals surface area contributed by atoms with E-state index >= 15 is 4.39 Å². The van der Waals surface area contributed by atoms with Crippen LogP contribution >= 0.6 is 0 Å². The molecular formula is C21H5F35O2. The smallest absolute Gasteiger partial charge is 0.413 e. The van der Waals surface area contributed by atoms with Crippen LogP contribution < -0.4 is 0 Å². The van der Waals surface area contributed by atoms with Gasteiger partial charge < -0.3 is 4.74 Å². The molecule has 1 atom stereocenters. The van der Waals surface area contributed by atoms with Crippen molar-refractivity contribution in [2.75, 3.05) is 0 Å². The van der Waals surface area contributed by atoms with Crippen molar-refractivity contribution >= 4 is 5.97 Å². The summed E-state index contributed by atoms with van der Waals surface area (Å²) in [6.45, 7) is 1.41. The zero-order chi connectivity index (χ0) is 48.4. The van der Waals surface area contributed by atoms with Gasteiger partial charge >= 0.3 is 107 Å². The maximum absolute atomic E-state index is 15.2. The molecule has 0 N–H and O–H groups in total. The first-order valence-electron chi connectivity index (χ1n) is 12.3. The highest BCUT2D eigenvalue weighted by atomic mass is 19.5. The first-order chi connectivity index (χ1) is 24.3. The highest BCUT2D eigenvalue weighted by Crippen LogP contribution is 2.70. The number of carbonyl (C=O) groups excluding carboxylic acids is 1. The van der Waals surface area contributed by atoms with Crippen molar-refractivity contribution < 1.29 is 163 Å². The van der Waals surface area contributed by atoms with Crippen LogP contribution in [0.2, 0.25) is 0 Å². The zero-order valence-electron chi connectivity index (χ0n) is 25.3. The van der Waals surface area contributed by atoms with Gasteiger partial charge in [0.25, 0.3) is 0 Å². The van der Waals surface area contributed by atoms with Crippen molar-refractivity contribution in [3.05, 3.63) is 12.2 Å². The van der Waals surface area contributed by atoms with Gasteiger partial charge in [-0.25, -0.2) is 9.18 Å². The van der Waals surface area contributed by atoms with Crippen molar-refractivity contribution in [2.24, 2.45) is 0 Å². The number of halogens is 35. The lowest BCUT2D eigenvalue weighted by Gasteiger charge is -2.48.